The highest BCUT2D eigenvalue weighted by atomic mass is 35.5. The summed E-state index contributed by atoms with van der Waals surface area (Å²) in [4.78, 5) is 35.9. The SMILES string of the molecule is CC1=NC(=O)C2C(=N1)SC(C(=O)N1CCC(O)(c3ccc(Cl)cc3)CC1)=C2C. The molecule has 3 aliphatic rings. The van der Waals surface area contributed by atoms with Gasteiger partial charge in [-0.05, 0) is 50.0 Å². The molecular formula is C20H20ClN3O3S. The lowest BCUT2D eigenvalue weighted by molar-refractivity contribution is -0.130. The van der Waals surface area contributed by atoms with E-state index in [-0.39, 0.29) is 11.8 Å². The molecule has 0 aromatic heterocycles. The lowest BCUT2D eigenvalue weighted by atomic mass is 9.84. The number of aliphatic imine (C=N–C) groups is 2. The minimum atomic E-state index is -0.966. The Labute approximate surface area is 172 Å². The summed E-state index contributed by atoms with van der Waals surface area (Å²) in [6.45, 7) is 4.36. The predicted octanol–water partition coefficient (Wildman–Crippen LogP) is 3.14. The van der Waals surface area contributed by atoms with Crippen LogP contribution in [0.1, 0.15) is 32.3 Å². The smallest absolute Gasteiger partial charge is 0.261 e. The maximum absolute atomic E-state index is 13.1. The molecular weight excluding hydrogens is 398 g/mol. The maximum atomic E-state index is 13.1. The lowest BCUT2D eigenvalue weighted by Crippen LogP contribution is -2.45. The van der Waals surface area contributed by atoms with Gasteiger partial charge in [0.05, 0.1) is 15.5 Å². The number of halogens is 1. The van der Waals surface area contributed by atoms with Gasteiger partial charge in [0.25, 0.3) is 11.8 Å². The Morgan fingerprint density at radius 2 is 1.86 bits per heavy atom. The summed E-state index contributed by atoms with van der Waals surface area (Å²) in [5, 5.41) is 12.3. The molecule has 3 heterocycles. The zero-order chi connectivity index (χ0) is 20.1. The molecule has 8 heteroatoms. The quantitative estimate of drug-likeness (QED) is 0.801. The van der Waals surface area contributed by atoms with E-state index >= 15 is 0 Å². The number of fused-ring (bicyclic) bond motifs is 1. The van der Waals surface area contributed by atoms with Gasteiger partial charge in [-0.3, -0.25) is 9.59 Å². The Kier molecular flexibility index (Phi) is 4.93. The summed E-state index contributed by atoms with van der Waals surface area (Å²) in [5.74, 6) is -0.464. The number of nitrogens with zero attached hydrogens (tertiary/aromatic N) is 3. The van der Waals surface area contributed by atoms with Crippen LogP contribution in [0.4, 0.5) is 0 Å². The van der Waals surface area contributed by atoms with Crippen molar-refractivity contribution in [3.8, 4) is 0 Å². The number of rotatable bonds is 2. The van der Waals surface area contributed by atoms with Crippen LogP contribution in [-0.4, -0.2) is 45.8 Å². The van der Waals surface area contributed by atoms with Gasteiger partial charge < -0.3 is 10.0 Å². The number of piperidine rings is 1. The van der Waals surface area contributed by atoms with Gasteiger partial charge in [-0.15, -0.1) is 0 Å². The second kappa shape index (κ2) is 7.13. The Bertz CT molecular complexity index is 944. The van der Waals surface area contributed by atoms with Gasteiger partial charge in [-0.1, -0.05) is 35.5 Å². The Hall–Kier alpha value is -1.96. The van der Waals surface area contributed by atoms with E-state index in [1.54, 1.807) is 30.9 Å². The molecule has 6 nitrogen and oxygen atoms in total. The number of likely N-dealkylation sites (tertiary alicyclic amines) is 1. The Morgan fingerprint density at radius 1 is 1.21 bits per heavy atom. The number of thioether (sulfide) groups is 1. The molecule has 0 aliphatic carbocycles. The van der Waals surface area contributed by atoms with Crippen molar-refractivity contribution in [2.45, 2.75) is 32.3 Å². The van der Waals surface area contributed by atoms with Gasteiger partial charge in [-0.25, -0.2) is 4.99 Å². The van der Waals surface area contributed by atoms with Gasteiger partial charge in [0.15, 0.2) is 0 Å². The third-order valence-electron chi connectivity index (χ3n) is 5.49. The number of carbonyl (C=O) groups excluding carboxylic acids is 2. The summed E-state index contributed by atoms with van der Waals surface area (Å²) in [6, 6.07) is 7.19. The van der Waals surface area contributed by atoms with Crippen LogP contribution >= 0.6 is 23.4 Å². The first-order chi connectivity index (χ1) is 13.3. The molecule has 1 unspecified atom stereocenters. The number of benzene rings is 1. The number of hydrogen-bond donors (Lipinski definition) is 1. The number of amidine groups is 1. The number of carbonyl (C=O) groups is 2. The fourth-order valence-corrected chi connectivity index (χ4v) is 5.24. The van der Waals surface area contributed by atoms with Crippen LogP contribution in [0.2, 0.25) is 5.02 Å². The first-order valence-corrected chi connectivity index (χ1v) is 10.3. The monoisotopic (exact) mass is 417 g/mol. The van der Waals surface area contributed by atoms with E-state index < -0.39 is 11.5 Å². The van der Waals surface area contributed by atoms with E-state index in [2.05, 4.69) is 9.98 Å². The average Bonchev–Trinajstić information content (AvgIpc) is 2.98. The molecule has 0 spiro atoms. The van der Waals surface area contributed by atoms with Crippen LogP contribution in [0.15, 0.2) is 44.7 Å². The highest BCUT2D eigenvalue weighted by molar-refractivity contribution is 8.18. The molecule has 146 valence electrons. The fourth-order valence-electron chi connectivity index (χ4n) is 3.83. The van der Waals surface area contributed by atoms with E-state index in [1.807, 2.05) is 12.1 Å². The van der Waals surface area contributed by atoms with Crippen LogP contribution in [0.25, 0.3) is 0 Å². The van der Waals surface area contributed by atoms with Crippen molar-refractivity contribution in [1.82, 2.24) is 4.90 Å². The molecule has 0 bridgehead atoms. The van der Waals surface area contributed by atoms with E-state index in [0.717, 1.165) is 5.56 Å². The molecule has 4 rings (SSSR count). The standard InChI is InChI=1S/C20H20ClN3O3S/c1-11-15-17(25)22-12(2)23-18(15)28-16(11)19(26)24-9-7-20(27,8-10-24)13-3-5-14(21)6-4-13/h3-6,15,27H,7-10H2,1-2H3. The molecule has 0 saturated carbocycles. The highest BCUT2D eigenvalue weighted by Gasteiger charge is 2.42. The number of amides is 2. The van der Waals surface area contributed by atoms with Gasteiger partial charge in [0.2, 0.25) is 0 Å². The molecule has 1 aromatic rings. The minimum Gasteiger partial charge on any atom is -0.385 e. The van der Waals surface area contributed by atoms with Crippen molar-refractivity contribution in [2.24, 2.45) is 15.9 Å². The fraction of sp³-hybridized carbons (Fsp3) is 0.400. The molecule has 3 aliphatic heterocycles. The van der Waals surface area contributed by atoms with Crippen LogP contribution in [0.5, 0.6) is 0 Å². The van der Waals surface area contributed by atoms with Gasteiger partial charge >= 0.3 is 0 Å². The summed E-state index contributed by atoms with van der Waals surface area (Å²) < 4.78 is 0. The first kappa shape index (κ1) is 19.4. The summed E-state index contributed by atoms with van der Waals surface area (Å²) >= 11 is 7.20. The summed E-state index contributed by atoms with van der Waals surface area (Å²) in [6.07, 6.45) is 0.895. The van der Waals surface area contributed by atoms with Crippen molar-refractivity contribution in [1.29, 1.82) is 0 Å². The zero-order valence-electron chi connectivity index (χ0n) is 15.6. The van der Waals surface area contributed by atoms with Gasteiger partial charge in [-0.2, -0.15) is 4.99 Å². The molecule has 1 saturated heterocycles. The number of hydrogen-bond acceptors (Lipinski definition) is 5. The third kappa shape index (κ3) is 3.32. The van der Waals surface area contributed by atoms with E-state index in [1.165, 1.54) is 11.8 Å². The molecule has 2 amide bonds. The maximum Gasteiger partial charge on any atom is 0.261 e. The highest BCUT2D eigenvalue weighted by Crippen LogP contribution is 2.42. The van der Waals surface area contributed by atoms with Gasteiger partial charge in [0.1, 0.15) is 11.8 Å². The van der Waals surface area contributed by atoms with E-state index in [4.69, 9.17) is 11.6 Å². The number of aliphatic hydroxyl groups is 1. The molecule has 1 N–H and O–H groups in total. The Morgan fingerprint density at radius 3 is 2.50 bits per heavy atom. The minimum absolute atomic E-state index is 0.108. The molecule has 1 aromatic carbocycles. The second-order valence-corrected chi connectivity index (χ2v) is 8.79. The van der Waals surface area contributed by atoms with Crippen molar-refractivity contribution < 1.29 is 14.7 Å². The molecule has 0 radical (unpaired) electrons. The summed E-state index contributed by atoms with van der Waals surface area (Å²) in [5.41, 5.74) is 0.564. The largest absolute Gasteiger partial charge is 0.385 e. The van der Waals surface area contributed by atoms with E-state index in [0.29, 0.717) is 52.3 Å². The van der Waals surface area contributed by atoms with Gasteiger partial charge in [0, 0.05) is 18.1 Å². The van der Waals surface area contributed by atoms with Crippen molar-refractivity contribution >= 4 is 46.1 Å². The van der Waals surface area contributed by atoms with Crippen molar-refractivity contribution in [3.05, 3.63) is 45.3 Å². The van der Waals surface area contributed by atoms with Crippen LogP contribution in [0.3, 0.4) is 0 Å². The summed E-state index contributed by atoms with van der Waals surface area (Å²) in [7, 11) is 0. The van der Waals surface area contributed by atoms with Crippen molar-refractivity contribution in [2.75, 3.05) is 13.1 Å². The Balaban J connectivity index is 1.48. The van der Waals surface area contributed by atoms with Crippen LogP contribution in [0, 0.1) is 5.92 Å². The van der Waals surface area contributed by atoms with Crippen molar-refractivity contribution in [3.63, 3.8) is 0 Å². The third-order valence-corrected chi connectivity index (χ3v) is 6.98. The average molecular weight is 418 g/mol. The second-order valence-electron chi connectivity index (χ2n) is 7.33. The molecule has 1 fully saturated rings. The predicted molar refractivity (Wildman–Crippen MR) is 110 cm³/mol. The normalized spacial score (nSPS) is 24.1. The van der Waals surface area contributed by atoms with E-state index in [9.17, 15) is 14.7 Å². The first-order valence-electron chi connectivity index (χ1n) is 9.12. The molecule has 28 heavy (non-hydrogen) atoms. The van der Waals surface area contributed by atoms with Crippen LogP contribution in [-0.2, 0) is 15.2 Å². The van der Waals surface area contributed by atoms with Crippen LogP contribution < -0.4 is 0 Å². The lowest BCUT2D eigenvalue weighted by Gasteiger charge is -2.38. The topological polar surface area (TPSA) is 82.3 Å². The molecule has 1 atom stereocenters. The zero-order valence-corrected chi connectivity index (χ0v) is 17.2.